The fraction of sp³-hybridized carbons (Fsp3) is 0.625. The monoisotopic (exact) mass is 279 g/mol. The number of benzene rings is 1. The van der Waals surface area contributed by atoms with Crippen molar-refractivity contribution in [3.8, 4) is 0 Å². The summed E-state index contributed by atoms with van der Waals surface area (Å²) in [5.41, 5.74) is 2.80. The molecule has 0 heterocycles. The second-order valence-corrected chi connectivity index (χ2v) is 7.07. The van der Waals surface area contributed by atoms with Crippen LogP contribution in [0.3, 0.4) is 0 Å². The van der Waals surface area contributed by atoms with Crippen molar-refractivity contribution in [1.82, 2.24) is 5.32 Å². The molecule has 0 fully saturated rings. The van der Waals surface area contributed by atoms with Crippen molar-refractivity contribution in [2.75, 3.05) is 12.3 Å². The Morgan fingerprint density at radius 2 is 2.05 bits per heavy atom. The van der Waals surface area contributed by atoms with Crippen LogP contribution in [-0.4, -0.2) is 21.8 Å². The smallest absolute Gasteiger partial charge is 0.0546 e. The molecule has 0 radical (unpaired) electrons. The molecule has 1 aromatic rings. The molecule has 2 rings (SSSR count). The Bertz CT molecular complexity index is 433. The molecule has 0 aromatic heterocycles. The lowest BCUT2D eigenvalue weighted by Crippen LogP contribution is -2.39. The van der Waals surface area contributed by atoms with Gasteiger partial charge in [-0.15, -0.1) is 0 Å². The molecule has 106 valence electrons. The summed E-state index contributed by atoms with van der Waals surface area (Å²) in [5, 5.41) is 3.90. The Morgan fingerprint density at radius 3 is 2.79 bits per heavy atom. The van der Waals surface area contributed by atoms with E-state index in [-0.39, 0.29) is 11.3 Å². The molecule has 0 bridgehead atoms. The zero-order valence-electron chi connectivity index (χ0n) is 12.0. The maximum absolute atomic E-state index is 12.5. The lowest BCUT2D eigenvalue weighted by atomic mass is 9.87. The van der Waals surface area contributed by atoms with E-state index in [2.05, 4.69) is 43.4 Å². The summed E-state index contributed by atoms with van der Waals surface area (Å²) in [6, 6.07) is 8.91. The Morgan fingerprint density at radius 1 is 1.26 bits per heavy atom. The van der Waals surface area contributed by atoms with Crippen molar-refractivity contribution in [2.45, 2.75) is 50.8 Å². The van der Waals surface area contributed by atoms with Crippen molar-refractivity contribution >= 4 is 10.8 Å². The Labute approximate surface area is 119 Å². The topological polar surface area (TPSA) is 29.1 Å². The van der Waals surface area contributed by atoms with E-state index in [9.17, 15) is 4.21 Å². The van der Waals surface area contributed by atoms with E-state index < -0.39 is 10.8 Å². The van der Waals surface area contributed by atoms with Gasteiger partial charge in [0.2, 0.25) is 0 Å². The normalized spacial score (nSPS) is 23.9. The van der Waals surface area contributed by atoms with Crippen LogP contribution in [0.4, 0.5) is 0 Å². The SMILES string of the molecule is CCCNC1c2ccccc2CCC1S(=O)CCC. The molecule has 2 nitrogen and oxygen atoms in total. The number of fused-ring (bicyclic) bond motifs is 1. The third kappa shape index (κ3) is 3.46. The highest BCUT2D eigenvalue weighted by Crippen LogP contribution is 2.33. The van der Waals surface area contributed by atoms with E-state index in [0.29, 0.717) is 0 Å². The van der Waals surface area contributed by atoms with Crippen molar-refractivity contribution in [3.05, 3.63) is 35.4 Å². The molecule has 3 atom stereocenters. The first-order valence-corrected chi connectivity index (χ1v) is 8.84. The molecule has 19 heavy (non-hydrogen) atoms. The zero-order valence-corrected chi connectivity index (χ0v) is 12.8. The van der Waals surface area contributed by atoms with Crippen LogP contribution in [0, 0.1) is 0 Å². The highest BCUT2D eigenvalue weighted by atomic mass is 32.2. The van der Waals surface area contributed by atoms with Crippen LogP contribution in [0.15, 0.2) is 24.3 Å². The number of hydrogen-bond donors (Lipinski definition) is 1. The lowest BCUT2D eigenvalue weighted by molar-refractivity contribution is 0.463. The van der Waals surface area contributed by atoms with Gasteiger partial charge in [-0.25, -0.2) is 0 Å². The molecule has 0 spiro atoms. The molecule has 1 N–H and O–H groups in total. The molecule has 3 unspecified atom stereocenters. The number of rotatable bonds is 6. The molecule has 1 aliphatic carbocycles. The Balaban J connectivity index is 2.23. The predicted octanol–water partition coefficient (Wildman–Crippen LogP) is 3.20. The molecule has 3 heteroatoms. The predicted molar refractivity (Wildman–Crippen MR) is 82.9 cm³/mol. The average molecular weight is 279 g/mol. The van der Waals surface area contributed by atoms with Crippen LogP contribution in [-0.2, 0) is 17.2 Å². The van der Waals surface area contributed by atoms with E-state index in [0.717, 1.165) is 38.0 Å². The van der Waals surface area contributed by atoms with E-state index in [4.69, 9.17) is 0 Å². The van der Waals surface area contributed by atoms with Gasteiger partial charge in [0.15, 0.2) is 0 Å². The average Bonchev–Trinajstić information content (AvgIpc) is 2.44. The Kier molecular flexibility index (Phi) is 5.59. The van der Waals surface area contributed by atoms with Crippen LogP contribution in [0.1, 0.15) is 50.3 Å². The van der Waals surface area contributed by atoms with Crippen LogP contribution < -0.4 is 5.32 Å². The van der Waals surface area contributed by atoms with Gasteiger partial charge in [-0.05, 0) is 43.4 Å². The largest absolute Gasteiger partial charge is 0.309 e. The van der Waals surface area contributed by atoms with E-state index in [1.165, 1.54) is 11.1 Å². The van der Waals surface area contributed by atoms with Gasteiger partial charge in [0.05, 0.1) is 5.25 Å². The summed E-state index contributed by atoms with van der Waals surface area (Å²) in [6.45, 7) is 5.29. The minimum atomic E-state index is -0.710. The molecule has 0 saturated heterocycles. The van der Waals surface area contributed by atoms with Crippen molar-refractivity contribution < 1.29 is 4.21 Å². The minimum Gasteiger partial charge on any atom is -0.309 e. The first kappa shape index (κ1) is 14.7. The summed E-state index contributed by atoms with van der Waals surface area (Å²) in [6.07, 6.45) is 4.24. The van der Waals surface area contributed by atoms with Crippen LogP contribution >= 0.6 is 0 Å². The molecule has 0 aliphatic heterocycles. The van der Waals surface area contributed by atoms with Crippen molar-refractivity contribution in [1.29, 1.82) is 0 Å². The van der Waals surface area contributed by atoms with Gasteiger partial charge in [-0.1, -0.05) is 38.1 Å². The van der Waals surface area contributed by atoms with Gasteiger partial charge in [0.25, 0.3) is 0 Å². The molecule has 1 aliphatic rings. The fourth-order valence-electron chi connectivity index (χ4n) is 2.91. The highest BCUT2D eigenvalue weighted by molar-refractivity contribution is 7.85. The van der Waals surface area contributed by atoms with Crippen molar-refractivity contribution in [2.24, 2.45) is 0 Å². The van der Waals surface area contributed by atoms with Gasteiger partial charge in [-0.2, -0.15) is 0 Å². The first-order valence-electron chi connectivity index (χ1n) is 7.46. The van der Waals surface area contributed by atoms with Crippen LogP contribution in [0.2, 0.25) is 0 Å². The summed E-state index contributed by atoms with van der Waals surface area (Å²) >= 11 is 0. The number of hydrogen-bond acceptors (Lipinski definition) is 2. The fourth-order valence-corrected chi connectivity index (χ4v) is 4.54. The third-order valence-corrected chi connectivity index (χ3v) is 5.81. The summed E-state index contributed by atoms with van der Waals surface area (Å²) < 4.78 is 12.5. The van der Waals surface area contributed by atoms with Gasteiger partial charge >= 0.3 is 0 Å². The summed E-state index contributed by atoms with van der Waals surface area (Å²) in [5.74, 6) is 0.830. The van der Waals surface area contributed by atoms with Gasteiger partial charge in [0.1, 0.15) is 0 Å². The summed E-state index contributed by atoms with van der Waals surface area (Å²) in [7, 11) is -0.710. The van der Waals surface area contributed by atoms with Crippen LogP contribution in [0.5, 0.6) is 0 Å². The second kappa shape index (κ2) is 7.20. The maximum atomic E-state index is 12.5. The minimum absolute atomic E-state index is 0.275. The number of aryl methyl sites for hydroxylation is 1. The molecule has 1 aromatic carbocycles. The van der Waals surface area contributed by atoms with Gasteiger partial charge < -0.3 is 5.32 Å². The zero-order chi connectivity index (χ0) is 13.7. The van der Waals surface area contributed by atoms with Gasteiger partial charge in [-0.3, -0.25) is 4.21 Å². The van der Waals surface area contributed by atoms with Crippen LogP contribution in [0.25, 0.3) is 0 Å². The van der Waals surface area contributed by atoms with E-state index >= 15 is 0 Å². The second-order valence-electron chi connectivity index (χ2n) is 5.29. The highest BCUT2D eigenvalue weighted by Gasteiger charge is 2.32. The summed E-state index contributed by atoms with van der Waals surface area (Å²) in [4.78, 5) is 0. The molecular formula is C16H25NOS. The Hall–Kier alpha value is -0.670. The maximum Gasteiger partial charge on any atom is 0.0546 e. The van der Waals surface area contributed by atoms with E-state index in [1.807, 2.05) is 0 Å². The van der Waals surface area contributed by atoms with E-state index in [1.54, 1.807) is 0 Å². The first-order chi connectivity index (χ1) is 9.27. The quantitative estimate of drug-likeness (QED) is 0.866. The third-order valence-electron chi connectivity index (χ3n) is 3.82. The van der Waals surface area contributed by atoms with Crippen molar-refractivity contribution in [3.63, 3.8) is 0 Å². The van der Waals surface area contributed by atoms with Gasteiger partial charge in [0, 0.05) is 22.6 Å². The lowest BCUT2D eigenvalue weighted by Gasteiger charge is -2.33. The molecule has 0 amide bonds. The molecular weight excluding hydrogens is 254 g/mol. The number of nitrogens with one attached hydrogen (secondary N) is 1. The molecule has 0 saturated carbocycles. The standard InChI is InChI=1S/C16H25NOS/c1-3-11-17-16-14-8-6-5-7-13(14)9-10-15(16)19(18)12-4-2/h5-8,15-17H,3-4,9-12H2,1-2H3.